The molecule has 9 nitrogen and oxygen atoms in total. The Bertz CT molecular complexity index is 1120. The Hall–Kier alpha value is -3.41. The van der Waals surface area contributed by atoms with Gasteiger partial charge in [0.05, 0.1) is 17.7 Å². The smallest absolute Gasteiger partial charge is 0.410 e. The zero-order valence-corrected chi connectivity index (χ0v) is 21.6. The largest absolute Gasteiger partial charge is 0.444 e. The zero-order valence-electron chi connectivity index (χ0n) is 21.6. The van der Waals surface area contributed by atoms with Crippen LogP contribution in [-0.2, 0) is 10.2 Å². The van der Waals surface area contributed by atoms with Gasteiger partial charge in [0.15, 0.2) is 0 Å². The second-order valence-electron chi connectivity index (χ2n) is 10.7. The van der Waals surface area contributed by atoms with Gasteiger partial charge in [0.2, 0.25) is 0 Å². The van der Waals surface area contributed by atoms with Gasteiger partial charge in [-0.3, -0.25) is 4.99 Å². The van der Waals surface area contributed by atoms with E-state index in [1.807, 2.05) is 20.8 Å². The van der Waals surface area contributed by atoms with Gasteiger partial charge in [0, 0.05) is 44.2 Å². The first-order valence-corrected chi connectivity index (χ1v) is 12.1. The predicted octanol–water partition coefficient (Wildman–Crippen LogP) is 3.83. The number of anilines is 2. The number of amides is 1. The van der Waals surface area contributed by atoms with E-state index < -0.39 is 5.60 Å². The van der Waals surface area contributed by atoms with Crippen molar-refractivity contribution >= 4 is 23.6 Å². The van der Waals surface area contributed by atoms with Crippen molar-refractivity contribution in [2.45, 2.75) is 70.1 Å². The first kappa shape index (κ1) is 24.7. The number of ether oxygens (including phenoxy) is 1. The number of fused-ring (bicyclic) bond motifs is 2. The van der Waals surface area contributed by atoms with Crippen LogP contribution in [0.4, 0.5) is 16.4 Å². The molecule has 2 unspecified atom stereocenters. The van der Waals surface area contributed by atoms with Crippen molar-refractivity contribution in [3.05, 3.63) is 36.2 Å². The minimum atomic E-state index is -0.532. The van der Waals surface area contributed by atoms with Gasteiger partial charge >= 0.3 is 6.09 Å². The molecule has 1 spiro atoms. The molecule has 1 amide bonds. The monoisotopic (exact) mass is 477 g/mol. The van der Waals surface area contributed by atoms with Crippen molar-refractivity contribution in [3.8, 4) is 6.07 Å². The van der Waals surface area contributed by atoms with Gasteiger partial charge in [0.25, 0.3) is 0 Å². The van der Waals surface area contributed by atoms with Gasteiger partial charge in [-0.2, -0.15) is 5.26 Å². The second-order valence-corrected chi connectivity index (χ2v) is 10.7. The van der Waals surface area contributed by atoms with Crippen LogP contribution in [0.1, 0.15) is 52.5 Å². The number of hydrogen-bond acceptors (Lipinski definition) is 7. The summed E-state index contributed by atoms with van der Waals surface area (Å²) in [6.45, 7) is 12.9. The minimum absolute atomic E-state index is 0.0292. The number of carbonyl (C=O) groups excluding carboxylic acids is 1. The van der Waals surface area contributed by atoms with Crippen LogP contribution in [0.3, 0.4) is 0 Å². The molecule has 1 aromatic heterocycles. The van der Waals surface area contributed by atoms with E-state index in [4.69, 9.17) is 9.72 Å². The maximum Gasteiger partial charge on any atom is 0.410 e. The molecule has 1 saturated heterocycles. The molecule has 4 rings (SSSR count). The van der Waals surface area contributed by atoms with Crippen molar-refractivity contribution in [1.29, 1.82) is 5.26 Å². The summed E-state index contributed by atoms with van der Waals surface area (Å²) in [5.41, 5.74) is 1.05. The maximum absolute atomic E-state index is 12.6. The van der Waals surface area contributed by atoms with Crippen molar-refractivity contribution in [2.75, 3.05) is 37.0 Å². The van der Waals surface area contributed by atoms with Crippen molar-refractivity contribution < 1.29 is 9.53 Å². The molecular weight excluding hydrogens is 442 g/mol. The van der Waals surface area contributed by atoms with Crippen molar-refractivity contribution in [2.24, 2.45) is 4.99 Å². The lowest BCUT2D eigenvalue weighted by atomic mass is 9.65. The third-order valence-electron chi connectivity index (χ3n) is 7.39. The van der Waals surface area contributed by atoms with Gasteiger partial charge in [-0.25, -0.2) is 14.8 Å². The highest BCUT2D eigenvalue weighted by atomic mass is 16.6. The molecule has 186 valence electrons. The summed E-state index contributed by atoms with van der Waals surface area (Å²) in [5.74, 6) is 2.47. The fourth-order valence-corrected chi connectivity index (χ4v) is 5.25. The van der Waals surface area contributed by atoms with E-state index >= 15 is 0 Å². The average molecular weight is 478 g/mol. The summed E-state index contributed by atoms with van der Waals surface area (Å²) in [6.07, 6.45) is 7.87. The lowest BCUT2D eigenvalue weighted by Crippen LogP contribution is -2.66. The molecule has 0 radical (unpaired) electrons. The fraction of sp³-hybridized carbons (Fsp3) is 0.577. The highest BCUT2D eigenvalue weighted by molar-refractivity contribution is 6.08. The number of likely N-dealkylation sites (N-methyl/N-ethyl adjacent to an activating group) is 1. The highest BCUT2D eigenvalue weighted by Crippen LogP contribution is 2.55. The van der Waals surface area contributed by atoms with E-state index in [-0.39, 0.29) is 23.6 Å². The average Bonchev–Trinajstić information content (AvgIpc) is 3.14. The SMILES string of the molecule is C=C/C(C#N)=C\C(=NC)N1CC2(CCC2)c2c1ncnc2N1CC(N(C)C(=O)OC(C)(C)C)C1C. The number of amidine groups is 1. The van der Waals surface area contributed by atoms with Crippen LogP contribution in [0.2, 0.25) is 0 Å². The molecule has 2 atom stereocenters. The molecule has 3 heterocycles. The van der Waals surface area contributed by atoms with Crippen LogP contribution in [0, 0.1) is 11.3 Å². The predicted molar refractivity (Wildman–Crippen MR) is 137 cm³/mol. The molecule has 1 aromatic rings. The quantitative estimate of drug-likeness (QED) is 0.281. The van der Waals surface area contributed by atoms with E-state index in [0.717, 1.165) is 43.0 Å². The Kier molecular flexibility index (Phi) is 6.34. The van der Waals surface area contributed by atoms with Crippen LogP contribution in [0.15, 0.2) is 35.6 Å². The summed E-state index contributed by atoms with van der Waals surface area (Å²) in [6, 6.07) is 2.28. The summed E-state index contributed by atoms with van der Waals surface area (Å²) < 4.78 is 5.57. The van der Waals surface area contributed by atoms with Crippen LogP contribution >= 0.6 is 0 Å². The Morgan fingerprint density at radius 3 is 2.57 bits per heavy atom. The van der Waals surface area contributed by atoms with Crippen LogP contribution in [-0.4, -0.2) is 71.7 Å². The number of hydrogen-bond donors (Lipinski definition) is 0. The molecule has 2 aliphatic heterocycles. The molecule has 9 heteroatoms. The van der Waals surface area contributed by atoms with Gasteiger partial charge in [0.1, 0.15) is 29.4 Å². The first-order valence-electron chi connectivity index (χ1n) is 12.1. The summed E-state index contributed by atoms with van der Waals surface area (Å²) in [4.78, 5) is 32.6. The molecule has 0 N–H and O–H groups in total. The number of carbonyl (C=O) groups is 1. The zero-order chi connectivity index (χ0) is 25.5. The van der Waals surface area contributed by atoms with E-state index in [2.05, 4.69) is 39.3 Å². The summed E-state index contributed by atoms with van der Waals surface area (Å²) in [7, 11) is 3.53. The third-order valence-corrected chi connectivity index (χ3v) is 7.39. The molecule has 2 fully saturated rings. The topological polar surface area (TPSA) is 98.0 Å². The normalized spacial score (nSPS) is 23.2. The number of aromatic nitrogens is 2. The lowest BCUT2D eigenvalue weighted by molar-refractivity contribution is 0.0151. The van der Waals surface area contributed by atoms with Crippen molar-refractivity contribution in [1.82, 2.24) is 14.9 Å². The number of allylic oxidation sites excluding steroid dienone is 2. The number of nitrogens with zero attached hydrogens (tertiary/aromatic N) is 7. The molecule has 1 saturated carbocycles. The molecule has 0 bridgehead atoms. The van der Waals surface area contributed by atoms with Crippen molar-refractivity contribution in [3.63, 3.8) is 0 Å². The first-order chi connectivity index (χ1) is 16.5. The summed E-state index contributed by atoms with van der Waals surface area (Å²) in [5, 5.41) is 9.39. The highest BCUT2D eigenvalue weighted by Gasteiger charge is 2.53. The standard InChI is InChI=1S/C26H35N7O2/c1-8-18(13-27)12-20(28-6)33-15-26(10-9-11-26)21-22(29-16-30-23(21)33)32-14-19(17(32)2)31(7)24(34)35-25(3,4)5/h8,12,16-17,19H,1,9-11,14-15H2,2-7H3/b18-12+,28-20?. The molecule has 0 aromatic carbocycles. The minimum Gasteiger partial charge on any atom is -0.444 e. The molecular formula is C26H35N7O2. The fourth-order valence-electron chi connectivity index (χ4n) is 5.25. The second kappa shape index (κ2) is 8.99. The third kappa shape index (κ3) is 4.26. The van der Waals surface area contributed by atoms with E-state index in [1.54, 1.807) is 31.4 Å². The van der Waals surface area contributed by atoms with E-state index in [9.17, 15) is 10.1 Å². The number of nitriles is 1. The van der Waals surface area contributed by atoms with Crippen LogP contribution in [0.25, 0.3) is 0 Å². The lowest BCUT2D eigenvalue weighted by Gasteiger charge is -2.52. The number of aliphatic imine (C=N–C) groups is 1. The Balaban J connectivity index is 1.64. The van der Waals surface area contributed by atoms with Gasteiger partial charge in [-0.05, 0) is 46.6 Å². The molecule has 35 heavy (non-hydrogen) atoms. The van der Waals surface area contributed by atoms with Gasteiger partial charge in [-0.1, -0.05) is 19.1 Å². The van der Waals surface area contributed by atoms with Crippen LogP contribution < -0.4 is 9.80 Å². The van der Waals surface area contributed by atoms with Crippen LogP contribution in [0.5, 0.6) is 0 Å². The van der Waals surface area contributed by atoms with E-state index in [1.165, 1.54) is 6.08 Å². The van der Waals surface area contributed by atoms with Gasteiger partial charge in [-0.15, -0.1) is 0 Å². The Morgan fingerprint density at radius 2 is 2.06 bits per heavy atom. The summed E-state index contributed by atoms with van der Waals surface area (Å²) >= 11 is 0. The molecule has 1 aliphatic carbocycles. The Labute approximate surface area is 207 Å². The number of rotatable bonds is 4. The Morgan fingerprint density at radius 1 is 1.37 bits per heavy atom. The van der Waals surface area contributed by atoms with Gasteiger partial charge < -0.3 is 19.4 Å². The maximum atomic E-state index is 12.6. The van der Waals surface area contributed by atoms with E-state index in [0.29, 0.717) is 18.0 Å². The molecule has 3 aliphatic rings.